The lowest BCUT2D eigenvalue weighted by molar-refractivity contribution is 0.516. The summed E-state index contributed by atoms with van der Waals surface area (Å²) in [5.74, 6) is -0.197. The van der Waals surface area contributed by atoms with E-state index in [1.807, 2.05) is 29.1 Å². The molecule has 19 heavy (non-hydrogen) atoms. The quantitative estimate of drug-likeness (QED) is 0.864. The largest absolute Gasteiger partial charge is 0.305 e. The monoisotopic (exact) mass is 261 g/mol. The van der Waals surface area contributed by atoms with E-state index in [0.717, 1.165) is 25.1 Å². The summed E-state index contributed by atoms with van der Waals surface area (Å²) < 4.78 is 14.9. The molecule has 0 amide bonds. The molecule has 0 spiro atoms. The predicted octanol–water partition coefficient (Wildman–Crippen LogP) is 3.28. The van der Waals surface area contributed by atoms with Crippen LogP contribution in [0.1, 0.15) is 37.6 Å². The highest BCUT2D eigenvalue weighted by Gasteiger charge is 2.07. The number of halogens is 1. The van der Waals surface area contributed by atoms with Crippen LogP contribution in [0.25, 0.3) is 0 Å². The molecule has 0 bridgehead atoms. The molecule has 1 heterocycles. The van der Waals surface area contributed by atoms with Crippen molar-refractivity contribution < 1.29 is 4.39 Å². The van der Waals surface area contributed by atoms with Crippen LogP contribution < -0.4 is 5.32 Å². The fourth-order valence-electron chi connectivity index (χ4n) is 2.05. The number of nitrogens with one attached hydrogen (secondary N) is 1. The molecule has 102 valence electrons. The molecule has 0 radical (unpaired) electrons. The van der Waals surface area contributed by atoms with Gasteiger partial charge in [0.2, 0.25) is 0 Å². The molecular formula is C15H20FN3. The van der Waals surface area contributed by atoms with E-state index < -0.39 is 0 Å². The maximum absolute atomic E-state index is 12.9. The predicted molar refractivity (Wildman–Crippen MR) is 74.2 cm³/mol. The van der Waals surface area contributed by atoms with Crippen molar-refractivity contribution >= 4 is 0 Å². The Morgan fingerprint density at radius 2 is 2.00 bits per heavy atom. The zero-order valence-electron chi connectivity index (χ0n) is 11.4. The van der Waals surface area contributed by atoms with Crippen molar-refractivity contribution in [2.45, 2.75) is 39.4 Å². The summed E-state index contributed by atoms with van der Waals surface area (Å²) in [5.41, 5.74) is 2.26. The minimum Gasteiger partial charge on any atom is -0.305 e. The lowest BCUT2D eigenvalue weighted by Gasteiger charge is -2.15. The highest BCUT2D eigenvalue weighted by molar-refractivity contribution is 5.19. The Kier molecular flexibility index (Phi) is 4.68. The molecule has 2 rings (SSSR count). The molecule has 1 unspecified atom stereocenters. The summed E-state index contributed by atoms with van der Waals surface area (Å²) in [7, 11) is 0. The molecule has 2 aromatic rings. The first kappa shape index (κ1) is 13.7. The standard InChI is InChI=1S/C15H20FN3/c1-3-10-19-15(8-9-18-19)11-17-12(2)13-4-6-14(16)7-5-13/h4-9,12,17H,3,10-11H2,1-2H3. The molecule has 0 saturated carbocycles. The van der Waals surface area contributed by atoms with Crippen LogP contribution in [0.5, 0.6) is 0 Å². The molecule has 4 heteroatoms. The molecule has 1 N–H and O–H groups in total. The lowest BCUT2D eigenvalue weighted by atomic mass is 10.1. The van der Waals surface area contributed by atoms with Crippen LogP contribution in [-0.4, -0.2) is 9.78 Å². The van der Waals surface area contributed by atoms with E-state index >= 15 is 0 Å². The van der Waals surface area contributed by atoms with Gasteiger partial charge in [0.25, 0.3) is 0 Å². The first-order valence-electron chi connectivity index (χ1n) is 6.70. The summed E-state index contributed by atoms with van der Waals surface area (Å²) in [4.78, 5) is 0. The van der Waals surface area contributed by atoms with Gasteiger partial charge in [-0.2, -0.15) is 5.10 Å². The third kappa shape index (κ3) is 3.64. The van der Waals surface area contributed by atoms with Gasteiger partial charge >= 0.3 is 0 Å². The van der Waals surface area contributed by atoms with Gasteiger partial charge in [-0.25, -0.2) is 4.39 Å². The molecule has 1 atom stereocenters. The normalized spacial score (nSPS) is 12.6. The summed E-state index contributed by atoms with van der Waals surface area (Å²) in [6.45, 7) is 5.92. The Morgan fingerprint density at radius 1 is 1.26 bits per heavy atom. The lowest BCUT2D eigenvalue weighted by Crippen LogP contribution is -2.20. The second kappa shape index (κ2) is 6.48. The SMILES string of the molecule is CCCn1nccc1CNC(C)c1ccc(F)cc1. The third-order valence-electron chi connectivity index (χ3n) is 3.20. The summed E-state index contributed by atoms with van der Waals surface area (Å²) in [6, 6.07) is 8.83. The Morgan fingerprint density at radius 3 is 2.68 bits per heavy atom. The molecule has 0 aliphatic carbocycles. The summed E-state index contributed by atoms with van der Waals surface area (Å²) in [6.07, 6.45) is 2.90. The highest BCUT2D eigenvalue weighted by Crippen LogP contribution is 2.13. The number of rotatable bonds is 6. The topological polar surface area (TPSA) is 29.9 Å². The van der Waals surface area contributed by atoms with Crippen molar-refractivity contribution in [3.8, 4) is 0 Å². The van der Waals surface area contributed by atoms with Crippen molar-refractivity contribution in [2.75, 3.05) is 0 Å². The minimum atomic E-state index is -0.197. The third-order valence-corrected chi connectivity index (χ3v) is 3.20. The average molecular weight is 261 g/mol. The molecule has 0 aliphatic heterocycles. The van der Waals surface area contributed by atoms with Crippen LogP contribution in [0.4, 0.5) is 4.39 Å². The zero-order valence-corrected chi connectivity index (χ0v) is 11.4. The first-order chi connectivity index (χ1) is 9.20. The zero-order chi connectivity index (χ0) is 13.7. The van der Waals surface area contributed by atoms with Crippen molar-refractivity contribution in [1.82, 2.24) is 15.1 Å². The van der Waals surface area contributed by atoms with Crippen LogP contribution in [0.2, 0.25) is 0 Å². The van der Waals surface area contributed by atoms with Gasteiger partial charge in [0.1, 0.15) is 5.82 Å². The molecule has 1 aromatic heterocycles. The first-order valence-corrected chi connectivity index (χ1v) is 6.70. The van der Waals surface area contributed by atoms with E-state index in [2.05, 4.69) is 24.3 Å². The van der Waals surface area contributed by atoms with E-state index in [0.29, 0.717) is 0 Å². The van der Waals surface area contributed by atoms with E-state index in [4.69, 9.17) is 0 Å². The van der Waals surface area contributed by atoms with Gasteiger partial charge in [0, 0.05) is 25.3 Å². The second-order valence-corrected chi connectivity index (χ2v) is 4.70. The Labute approximate surface area is 113 Å². The van der Waals surface area contributed by atoms with E-state index in [1.54, 1.807) is 0 Å². The fraction of sp³-hybridized carbons (Fsp3) is 0.400. The van der Waals surface area contributed by atoms with Gasteiger partial charge in [0.15, 0.2) is 0 Å². The Bertz CT molecular complexity index is 504. The van der Waals surface area contributed by atoms with E-state index in [1.165, 1.54) is 17.8 Å². The number of aryl methyl sites for hydroxylation is 1. The smallest absolute Gasteiger partial charge is 0.123 e. The van der Waals surface area contributed by atoms with Gasteiger partial charge < -0.3 is 5.32 Å². The van der Waals surface area contributed by atoms with E-state index in [-0.39, 0.29) is 11.9 Å². The highest BCUT2D eigenvalue weighted by atomic mass is 19.1. The molecular weight excluding hydrogens is 241 g/mol. The number of hydrogen-bond donors (Lipinski definition) is 1. The van der Waals surface area contributed by atoms with Crippen LogP contribution in [0.3, 0.4) is 0 Å². The van der Waals surface area contributed by atoms with Crippen LogP contribution in [-0.2, 0) is 13.1 Å². The molecule has 0 fully saturated rings. The maximum Gasteiger partial charge on any atom is 0.123 e. The number of hydrogen-bond acceptors (Lipinski definition) is 2. The summed E-state index contributed by atoms with van der Waals surface area (Å²) in [5, 5.41) is 7.73. The Balaban J connectivity index is 1.94. The van der Waals surface area contributed by atoms with Crippen LogP contribution in [0.15, 0.2) is 36.5 Å². The number of nitrogens with zero attached hydrogens (tertiary/aromatic N) is 2. The van der Waals surface area contributed by atoms with Gasteiger partial charge in [-0.1, -0.05) is 19.1 Å². The second-order valence-electron chi connectivity index (χ2n) is 4.70. The van der Waals surface area contributed by atoms with Crippen LogP contribution in [0, 0.1) is 5.82 Å². The molecule has 0 saturated heterocycles. The minimum absolute atomic E-state index is 0.186. The van der Waals surface area contributed by atoms with Crippen molar-refractivity contribution in [2.24, 2.45) is 0 Å². The van der Waals surface area contributed by atoms with Crippen molar-refractivity contribution in [3.05, 3.63) is 53.6 Å². The average Bonchev–Trinajstić information content (AvgIpc) is 2.85. The molecule has 0 aliphatic rings. The van der Waals surface area contributed by atoms with Gasteiger partial charge in [-0.15, -0.1) is 0 Å². The molecule has 3 nitrogen and oxygen atoms in total. The number of aromatic nitrogens is 2. The van der Waals surface area contributed by atoms with Crippen molar-refractivity contribution in [3.63, 3.8) is 0 Å². The van der Waals surface area contributed by atoms with Gasteiger partial charge in [0.05, 0.1) is 5.69 Å². The van der Waals surface area contributed by atoms with Gasteiger partial charge in [-0.3, -0.25) is 4.68 Å². The number of benzene rings is 1. The fourth-order valence-corrected chi connectivity index (χ4v) is 2.05. The summed E-state index contributed by atoms with van der Waals surface area (Å²) >= 11 is 0. The van der Waals surface area contributed by atoms with Crippen LogP contribution >= 0.6 is 0 Å². The molecule has 1 aromatic carbocycles. The maximum atomic E-state index is 12.9. The van der Waals surface area contributed by atoms with Gasteiger partial charge in [-0.05, 0) is 37.1 Å². The Hall–Kier alpha value is -1.68. The van der Waals surface area contributed by atoms with E-state index in [9.17, 15) is 4.39 Å². The van der Waals surface area contributed by atoms with Crippen molar-refractivity contribution in [1.29, 1.82) is 0 Å².